The van der Waals surface area contributed by atoms with Crippen molar-refractivity contribution >= 4 is 26.6 Å². The van der Waals surface area contributed by atoms with Gasteiger partial charge in [-0.25, -0.2) is 8.42 Å². The molecule has 5 aromatic rings. The molecular weight excluding hydrogens is 655 g/mol. The predicted octanol–water partition coefficient (Wildman–Crippen LogP) is 6.39. The van der Waals surface area contributed by atoms with Gasteiger partial charge in [-0.05, 0) is 65.1 Å². The number of nitrogens with zero attached hydrogens (tertiary/aromatic N) is 2. The number of aliphatic hydroxyl groups is 1. The summed E-state index contributed by atoms with van der Waals surface area (Å²) in [5.74, 6) is 1.43. The van der Waals surface area contributed by atoms with Gasteiger partial charge >= 0.3 is 0 Å². The average Bonchev–Trinajstić information content (AvgIpc) is 3.14. The van der Waals surface area contributed by atoms with E-state index >= 15 is 0 Å². The normalized spacial score (nSPS) is 21.0. The minimum Gasteiger partial charge on any atom is -0.493 e. The molecule has 11 heteroatoms. The fourth-order valence-electron chi connectivity index (χ4n) is 6.93. The number of sulfonamides is 1. The zero-order valence-electron chi connectivity index (χ0n) is 28.3. The zero-order chi connectivity index (χ0) is 34.8. The number of pyridine rings is 1. The summed E-state index contributed by atoms with van der Waals surface area (Å²) in [6.45, 7) is 4.36. The van der Waals surface area contributed by atoms with Gasteiger partial charge in [-0.1, -0.05) is 61.5 Å². The molecule has 2 aliphatic heterocycles. The van der Waals surface area contributed by atoms with Crippen molar-refractivity contribution in [2.75, 3.05) is 32.0 Å². The number of nitrogens with one attached hydrogen (secondary N) is 1. The molecule has 0 saturated carbocycles. The SMILES string of the molecule is COc1cc2c(cc1OC)CN(CC1OC(c3cccc(NS(=O)(=O)c4cccc5cccnc45)c3)OC(c3ccc(CO)cc3)C1C)CC2. The van der Waals surface area contributed by atoms with Crippen LogP contribution in [0.25, 0.3) is 10.9 Å². The Hall–Kier alpha value is -4.52. The Labute approximate surface area is 292 Å². The number of benzene rings is 4. The van der Waals surface area contributed by atoms with Crippen molar-refractivity contribution in [3.05, 3.63) is 125 Å². The van der Waals surface area contributed by atoms with Crippen LogP contribution in [0.1, 0.15) is 47.1 Å². The second kappa shape index (κ2) is 14.4. The first-order valence-electron chi connectivity index (χ1n) is 16.7. The molecule has 4 atom stereocenters. The molecule has 0 radical (unpaired) electrons. The Morgan fingerprint density at radius 1 is 0.900 bits per heavy atom. The smallest absolute Gasteiger partial charge is 0.264 e. The largest absolute Gasteiger partial charge is 0.493 e. The Morgan fingerprint density at radius 2 is 1.64 bits per heavy atom. The molecule has 0 amide bonds. The van der Waals surface area contributed by atoms with E-state index in [2.05, 4.69) is 33.7 Å². The zero-order valence-corrected chi connectivity index (χ0v) is 29.1. The van der Waals surface area contributed by atoms with Crippen molar-refractivity contribution in [3.8, 4) is 11.5 Å². The van der Waals surface area contributed by atoms with E-state index in [-0.39, 0.29) is 29.6 Å². The Kier molecular flexibility index (Phi) is 9.76. The number of ether oxygens (including phenoxy) is 4. The first-order valence-corrected chi connectivity index (χ1v) is 18.2. The predicted molar refractivity (Wildman–Crippen MR) is 190 cm³/mol. The van der Waals surface area contributed by atoms with Crippen LogP contribution in [0.5, 0.6) is 11.5 Å². The van der Waals surface area contributed by atoms with Crippen molar-refractivity contribution in [3.63, 3.8) is 0 Å². The maximum atomic E-state index is 13.6. The van der Waals surface area contributed by atoms with Crippen LogP contribution in [-0.4, -0.2) is 56.8 Å². The van der Waals surface area contributed by atoms with Crippen molar-refractivity contribution < 1.29 is 32.5 Å². The van der Waals surface area contributed by atoms with Crippen molar-refractivity contribution in [1.82, 2.24) is 9.88 Å². The van der Waals surface area contributed by atoms with Crippen molar-refractivity contribution in [2.24, 2.45) is 5.92 Å². The molecule has 1 saturated heterocycles. The van der Waals surface area contributed by atoms with Gasteiger partial charge in [-0.3, -0.25) is 14.6 Å². The molecule has 0 aliphatic carbocycles. The molecule has 2 aliphatic rings. The topological polar surface area (TPSA) is 119 Å². The van der Waals surface area contributed by atoms with Gasteiger partial charge in [-0.2, -0.15) is 0 Å². The number of hydrogen-bond acceptors (Lipinski definition) is 9. The Morgan fingerprint density at radius 3 is 2.40 bits per heavy atom. The number of methoxy groups -OCH3 is 2. The summed E-state index contributed by atoms with van der Waals surface area (Å²) in [5, 5.41) is 10.4. The molecule has 2 N–H and O–H groups in total. The quantitative estimate of drug-likeness (QED) is 0.171. The second-order valence-electron chi connectivity index (χ2n) is 12.8. The van der Waals surface area contributed by atoms with Gasteiger partial charge in [0.15, 0.2) is 17.8 Å². The van der Waals surface area contributed by atoms with E-state index in [1.54, 1.807) is 56.8 Å². The van der Waals surface area contributed by atoms with E-state index in [0.717, 1.165) is 41.8 Å². The van der Waals surface area contributed by atoms with E-state index < -0.39 is 16.3 Å². The van der Waals surface area contributed by atoms with Crippen LogP contribution in [0.4, 0.5) is 5.69 Å². The summed E-state index contributed by atoms with van der Waals surface area (Å²) in [6, 6.07) is 27.8. The third kappa shape index (κ3) is 6.92. The first kappa shape index (κ1) is 34.0. The van der Waals surface area contributed by atoms with Gasteiger partial charge in [-0.15, -0.1) is 0 Å². The molecule has 4 unspecified atom stereocenters. The number of aliphatic hydroxyl groups excluding tert-OH is 1. The van der Waals surface area contributed by atoms with Crippen molar-refractivity contribution in [2.45, 2.75) is 49.9 Å². The minimum atomic E-state index is -3.96. The first-order chi connectivity index (χ1) is 24.3. The third-order valence-corrected chi connectivity index (χ3v) is 11.1. The molecular formula is C39H41N3O7S. The number of anilines is 1. The molecule has 3 heterocycles. The summed E-state index contributed by atoms with van der Waals surface area (Å²) in [7, 11) is -0.656. The molecule has 1 aromatic heterocycles. The standard InChI is InChI=1S/C39H41N3O7S/c1-25-35(23-42-18-16-29-20-33(46-2)34(47-3)21-31(29)22-42)48-39(49-38(25)28-14-12-26(24-43)13-15-28)30-8-4-10-32(19-30)41-50(44,45)36-11-5-7-27-9-6-17-40-37(27)36/h4-15,17,19-21,25,35,38-39,41,43H,16,18,22-24H2,1-3H3. The van der Waals surface area contributed by atoms with Crippen LogP contribution in [0.3, 0.4) is 0 Å². The van der Waals surface area contributed by atoms with Crippen LogP contribution in [0, 0.1) is 5.92 Å². The molecule has 10 nitrogen and oxygen atoms in total. The third-order valence-electron chi connectivity index (χ3n) is 9.65. The van der Waals surface area contributed by atoms with Crippen LogP contribution in [0.2, 0.25) is 0 Å². The summed E-state index contributed by atoms with van der Waals surface area (Å²) < 4.78 is 54.5. The van der Waals surface area contributed by atoms with Gasteiger partial charge in [0.1, 0.15) is 4.90 Å². The van der Waals surface area contributed by atoms with Crippen LogP contribution >= 0.6 is 0 Å². The summed E-state index contributed by atoms with van der Waals surface area (Å²) in [5.41, 5.74) is 5.73. The number of para-hydroxylation sites is 1. The fraction of sp³-hybridized carbons (Fsp3) is 0.308. The summed E-state index contributed by atoms with van der Waals surface area (Å²) >= 11 is 0. The molecule has 260 valence electrons. The highest BCUT2D eigenvalue weighted by molar-refractivity contribution is 7.93. The van der Waals surface area contributed by atoms with E-state index in [0.29, 0.717) is 29.1 Å². The molecule has 50 heavy (non-hydrogen) atoms. The molecule has 1 fully saturated rings. The van der Waals surface area contributed by atoms with Gasteiger partial charge in [0, 0.05) is 48.4 Å². The summed E-state index contributed by atoms with van der Waals surface area (Å²) in [6.07, 6.45) is 1.18. The van der Waals surface area contributed by atoms with Crippen LogP contribution < -0.4 is 14.2 Å². The second-order valence-corrected chi connectivity index (χ2v) is 14.5. The lowest BCUT2D eigenvalue weighted by Crippen LogP contribution is -2.45. The Balaban J connectivity index is 1.16. The maximum Gasteiger partial charge on any atom is 0.264 e. The molecule has 7 rings (SSSR count). The maximum absolute atomic E-state index is 13.6. The number of hydrogen-bond donors (Lipinski definition) is 2. The van der Waals surface area contributed by atoms with E-state index in [1.807, 2.05) is 42.5 Å². The van der Waals surface area contributed by atoms with Gasteiger partial charge in [0.2, 0.25) is 0 Å². The number of fused-ring (bicyclic) bond motifs is 2. The van der Waals surface area contributed by atoms with Crippen LogP contribution in [-0.2, 0) is 39.1 Å². The monoisotopic (exact) mass is 695 g/mol. The number of rotatable bonds is 10. The number of aromatic nitrogens is 1. The molecule has 0 bridgehead atoms. The highest BCUT2D eigenvalue weighted by atomic mass is 32.2. The van der Waals surface area contributed by atoms with E-state index in [4.69, 9.17) is 18.9 Å². The van der Waals surface area contributed by atoms with Crippen molar-refractivity contribution in [1.29, 1.82) is 0 Å². The lowest BCUT2D eigenvalue weighted by molar-refractivity contribution is -0.276. The van der Waals surface area contributed by atoms with E-state index in [9.17, 15) is 13.5 Å². The highest BCUT2D eigenvalue weighted by Gasteiger charge is 2.39. The minimum absolute atomic E-state index is 0.0152. The average molecular weight is 696 g/mol. The van der Waals surface area contributed by atoms with Gasteiger partial charge < -0.3 is 24.1 Å². The summed E-state index contributed by atoms with van der Waals surface area (Å²) in [4.78, 5) is 6.83. The molecule has 0 spiro atoms. The van der Waals surface area contributed by atoms with E-state index in [1.165, 1.54) is 11.1 Å². The fourth-order valence-corrected chi connectivity index (χ4v) is 8.16. The van der Waals surface area contributed by atoms with Gasteiger partial charge in [0.25, 0.3) is 10.0 Å². The Bertz CT molecular complexity index is 2080. The van der Waals surface area contributed by atoms with Crippen LogP contribution in [0.15, 0.2) is 102 Å². The lowest BCUT2D eigenvalue weighted by Gasteiger charge is -2.43. The molecule has 4 aromatic carbocycles. The lowest BCUT2D eigenvalue weighted by atomic mass is 9.89. The highest BCUT2D eigenvalue weighted by Crippen LogP contribution is 2.43. The van der Waals surface area contributed by atoms with Gasteiger partial charge in [0.05, 0.1) is 38.6 Å².